The first-order chi connectivity index (χ1) is 15.7. The molecule has 0 amide bonds. The molecule has 0 radical (unpaired) electrons. The van der Waals surface area contributed by atoms with Crippen LogP contribution >= 0.6 is 0 Å². The molecular weight excluding hydrogens is 396 g/mol. The molecule has 1 N–H and O–H groups in total. The van der Waals surface area contributed by atoms with Crippen LogP contribution in [-0.4, -0.2) is 24.3 Å². The van der Waals surface area contributed by atoms with Gasteiger partial charge < -0.3 is 9.84 Å². The number of aliphatic hydroxyl groups excluding tert-OH is 1. The Bertz CT molecular complexity index is 952. The van der Waals surface area contributed by atoms with Crippen molar-refractivity contribution in [3.05, 3.63) is 106 Å². The molecular formula is C29H34O3. The fourth-order valence-corrected chi connectivity index (χ4v) is 4.12. The first kappa shape index (κ1) is 23.7. The Balaban J connectivity index is 1.97. The molecule has 2 aromatic carbocycles. The van der Waals surface area contributed by atoms with Crippen LogP contribution in [0.15, 0.2) is 95.1 Å². The molecule has 0 atom stereocenters. The fourth-order valence-electron chi connectivity index (χ4n) is 4.12. The number of carbonyl (C=O) groups is 1. The van der Waals surface area contributed by atoms with Crippen LogP contribution in [0.4, 0.5) is 0 Å². The van der Waals surface area contributed by atoms with Gasteiger partial charge in [-0.05, 0) is 48.8 Å². The second-order valence-electron chi connectivity index (χ2n) is 8.30. The monoisotopic (exact) mass is 430 g/mol. The van der Waals surface area contributed by atoms with E-state index in [1.54, 1.807) is 0 Å². The Kier molecular flexibility index (Phi) is 9.52. The van der Waals surface area contributed by atoms with Crippen molar-refractivity contribution in [3.63, 3.8) is 0 Å². The Labute approximate surface area is 192 Å². The average Bonchev–Trinajstić information content (AvgIpc) is 3.23. The number of carbonyl (C=O) groups excluding carboxylic acids is 1. The number of hydrogen-bond acceptors (Lipinski definition) is 3. The van der Waals surface area contributed by atoms with Crippen LogP contribution in [0.3, 0.4) is 0 Å². The van der Waals surface area contributed by atoms with Crippen molar-refractivity contribution < 1.29 is 14.6 Å². The van der Waals surface area contributed by atoms with Gasteiger partial charge in [0.05, 0.1) is 6.61 Å². The van der Waals surface area contributed by atoms with Gasteiger partial charge in [-0.1, -0.05) is 97.3 Å². The van der Waals surface area contributed by atoms with Crippen molar-refractivity contribution >= 4 is 5.97 Å². The molecule has 168 valence electrons. The summed E-state index contributed by atoms with van der Waals surface area (Å²) in [5, 5.41) is 9.83. The van der Waals surface area contributed by atoms with Crippen LogP contribution in [-0.2, 0) is 22.4 Å². The van der Waals surface area contributed by atoms with Crippen molar-refractivity contribution in [1.82, 2.24) is 0 Å². The van der Waals surface area contributed by atoms with E-state index in [-0.39, 0.29) is 12.6 Å². The van der Waals surface area contributed by atoms with Gasteiger partial charge in [0.25, 0.3) is 0 Å². The first-order valence-electron chi connectivity index (χ1n) is 11.6. The topological polar surface area (TPSA) is 46.5 Å². The third-order valence-electron chi connectivity index (χ3n) is 5.79. The minimum absolute atomic E-state index is 0.132. The van der Waals surface area contributed by atoms with E-state index in [9.17, 15) is 9.90 Å². The number of ether oxygens (including phenoxy) is 1. The summed E-state index contributed by atoms with van der Waals surface area (Å²) in [6, 6.07) is 20.9. The lowest BCUT2D eigenvalue weighted by Crippen LogP contribution is -2.02. The number of esters is 1. The lowest BCUT2D eigenvalue weighted by molar-refractivity contribution is -0.135. The number of rotatable bonds is 11. The highest BCUT2D eigenvalue weighted by atomic mass is 16.5. The lowest BCUT2D eigenvalue weighted by Gasteiger charge is -2.15. The fraction of sp³-hybridized carbons (Fsp3) is 0.345. The number of aliphatic hydroxyl groups is 1. The molecule has 1 saturated heterocycles. The maximum Gasteiger partial charge on any atom is 0.333 e. The van der Waals surface area contributed by atoms with Crippen LogP contribution < -0.4 is 0 Å². The van der Waals surface area contributed by atoms with Crippen molar-refractivity contribution in [3.8, 4) is 0 Å². The average molecular weight is 431 g/mol. The van der Waals surface area contributed by atoms with Gasteiger partial charge in [-0.3, -0.25) is 0 Å². The molecule has 0 saturated carbocycles. The highest BCUT2D eigenvalue weighted by Crippen LogP contribution is 2.25. The largest absolute Gasteiger partial charge is 0.462 e. The zero-order valence-corrected chi connectivity index (χ0v) is 19.1. The zero-order valence-electron chi connectivity index (χ0n) is 19.1. The minimum Gasteiger partial charge on any atom is -0.462 e. The quantitative estimate of drug-likeness (QED) is 0.265. The molecule has 32 heavy (non-hydrogen) atoms. The molecule has 1 heterocycles. The van der Waals surface area contributed by atoms with E-state index in [1.165, 1.54) is 27.8 Å². The van der Waals surface area contributed by atoms with Crippen LogP contribution in [0, 0.1) is 0 Å². The minimum atomic E-state index is -0.175. The van der Waals surface area contributed by atoms with Crippen LogP contribution in [0.25, 0.3) is 0 Å². The molecule has 1 aliphatic heterocycles. The summed E-state index contributed by atoms with van der Waals surface area (Å²) in [6.45, 7) is 2.81. The highest BCUT2D eigenvalue weighted by molar-refractivity contribution is 5.90. The Morgan fingerprint density at radius 3 is 2.19 bits per heavy atom. The SMILES string of the molecule is CCC/C(=C\C(Cc1ccccc1)=C(/CCO)Cc1ccccc1)C/C=C1\CCOC1=O. The van der Waals surface area contributed by atoms with Crippen molar-refractivity contribution in [2.75, 3.05) is 13.2 Å². The summed E-state index contributed by atoms with van der Waals surface area (Å²) in [7, 11) is 0. The predicted molar refractivity (Wildman–Crippen MR) is 130 cm³/mol. The van der Waals surface area contributed by atoms with Crippen molar-refractivity contribution in [2.45, 2.75) is 51.9 Å². The summed E-state index contributed by atoms with van der Waals surface area (Å²) < 4.78 is 5.09. The summed E-state index contributed by atoms with van der Waals surface area (Å²) in [4.78, 5) is 11.9. The van der Waals surface area contributed by atoms with E-state index in [0.29, 0.717) is 19.4 Å². The van der Waals surface area contributed by atoms with Crippen LogP contribution in [0.2, 0.25) is 0 Å². The van der Waals surface area contributed by atoms with Gasteiger partial charge in [0, 0.05) is 18.6 Å². The van der Waals surface area contributed by atoms with Crippen LogP contribution in [0.1, 0.15) is 50.2 Å². The summed E-state index contributed by atoms with van der Waals surface area (Å²) in [5.74, 6) is -0.175. The molecule has 3 rings (SSSR count). The Hall–Kier alpha value is -2.91. The normalized spacial score (nSPS) is 16.2. The molecule has 1 fully saturated rings. The Morgan fingerprint density at radius 2 is 1.62 bits per heavy atom. The first-order valence-corrected chi connectivity index (χ1v) is 11.6. The Morgan fingerprint density at radius 1 is 0.969 bits per heavy atom. The van der Waals surface area contributed by atoms with E-state index in [1.807, 2.05) is 18.2 Å². The number of benzene rings is 2. The van der Waals surface area contributed by atoms with Crippen molar-refractivity contribution in [1.29, 1.82) is 0 Å². The zero-order chi connectivity index (χ0) is 22.6. The maximum absolute atomic E-state index is 11.9. The summed E-state index contributed by atoms with van der Waals surface area (Å²) >= 11 is 0. The summed E-state index contributed by atoms with van der Waals surface area (Å²) in [6.07, 6.45) is 10.2. The molecule has 3 nitrogen and oxygen atoms in total. The van der Waals surface area contributed by atoms with Crippen molar-refractivity contribution in [2.24, 2.45) is 0 Å². The van der Waals surface area contributed by atoms with E-state index < -0.39 is 0 Å². The molecule has 0 aliphatic carbocycles. The second kappa shape index (κ2) is 12.8. The maximum atomic E-state index is 11.9. The molecule has 0 spiro atoms. The summed E-state index contributed by atoms with van der Waals surface area (Å²) in [5.41, 5.74) is 7.15. The molecule has 0 aromatic heterocycles. The second-order valence-corrected chi connectivity index (χ2v) is 8.30. The molecule has 1 aliphatic rings. The standard InChI is InChI=1S/C29H34O3/c1-2-9-23(14-15-26-17-19-32-29(26)31)21-28(22-25-12-7-4-8-13-25)27(16-18-30)20-24-10-5-3-6-11-24/h3-8,10-13,15,21,30H,2,9,14,16-20,22H2,1H3/b23-21+,26-15+,28-27-. The van der Waals surface area contributed by atoms with E-state index >= 15 is 0 Å². The predicted octanol–water partition coefficient (Wildman–Crippen LogP) is 6.14. The third-order valence-corrected chi connectivity index (χ3v) is 5.79. The lowest BCUT2D eigenvalue weighted by atomic mass is 9.90. The number of hydrogen-bond donors (Lipinski definition) is 1. The third kappa shape index (κ3) is 7.35. The van der Waals surface area contributed by atoms with Gasteiger partial charge in [0.1, 0.15) is 0 Å². The number of allylic oxidation sites excluding steroid dienone is 4. The van der Waals surface area contributed by atoms with E-state index in [2.05, 4.69) is 61.5 Å². The molecule has 0 bridgehead atoms. The van der Waals surface area contributed by atoms with Gasteiger partial charge in [-0.2, -0.15) is 0 Å². The molecule has 0 unspecified atom stereocenters. The van der Waals surface area contributed by atoms with Gasteiger partial charge in [0.15, 0.2) is 0 Å². The number of cyclic esters (lactones) is 1. The van der Waals surface area contributed by atoms with Crippen LogP contribution in [0.5, 0.6) is 0 Å². The highest BCUT2D eigenvalue weighted by Gasteiger charge is 2.18. The smallest absolute Gasteiger partial charge is 0.333 e. The molecule has 2 aromatic rings. The van der Waals surface area contributed by atoms with Gasteiger partial charge in [0.2, 0.25) is 0 Å². The van der Waals surface area contributed by atoms with Gasteiger partial charge >= 0.3 is 5.97 Å². The van der Waals surface area contributed by atoms with Gasteiger partial charge in [-0.25, -0.2) is 4.79 Å². The van der Waals surface area contributed by atoms with Gasteiger partial charge in [-0.15, -0.1) is 0 Å². The van der Waals surface area contributed by atoms with E-state index in [4.69, 9.17) is 4.74 Å². The molecule has 3 heteroatoms. The van der Waals surface area contributed by atoms with E-state index in [0.717, 1.165) is 37.7 Å².